The van der Waals surface area contributed by atoms with Gasteiger partial charge in [-0.25, -0.2) is 0 Å². The van der Waals surface area contributed by atoms with Crippen LogP contribution in [0.4, 0.5) is 0 Å². The molecule has 0 aliphatic carbocycles. The highest BCUT2D eigenvalue weighted by molar-refractivity contribution is 5.76. The molecular formula is C23H33N5O2. The minimum absolute atomic E-state index is 0.277. The summed E-state index contributed by atoms with van der Waals surface area (Å²) in [4.78, 5) is 26.4. The molecule has 4 rings (SSSR count). The monoisotopic (exact) mass is 411 g/mol. The highest BCUT2D eigenvalue weighted by Gasteiger charge is 2.28. The van der Waals surface area contributed by atoms with E-state index in [2.05, 4.69) is 24.9 Å². The number of likely N-dealkylation sites (tertiary alicyclic amines) is 2. The number of nitrogens with zero attached hydrogens (tertiary/aromatic N) is 5. The quantitative estimate of drug-likeness (QED) is 0.691. The van der Waals surface area contributed by atoms with Crippen molar-refractivity contribution >= 4 is 5.91 Å². The zero-order valence-electron chi connectivity index (χ0n) is 17.8. The van der Waals surface area contributed by atoms with E-state index in [-0.39, 0.29) is 5.91 Å². The van der Waals surface area contributed by atoms with Gasteiger partial charge in [0.15, 0.2) is 0 Å². The summed E-state index contributed by atoms with van der Waals surface area (Å²) >= 11 is 0. The topological polar surface area (TPSA) is 75.4 Å². The highest BCUT2D eigenvalue weighted by atomic mass is 16.5. The van der Waals surface area contributed by atoms with Gasteiger partial charge < -0.3 is 14.3 Å². The number of hydrogen-bond donors (Lipinski definition) is 0. The molecule has 1 unspecified atom stereocenters. The average Bonchev–Trinajstić information content (AvgIpc) is 3.11. The van der Waals surface area contributed by atoms with Gasteiger partial charge in [-0.05, 0) is 63.7 Å². The van der Waals surface area contributed by atoms with E-state index in [4.69, 9.17) is 4.52 Å². The number of piperidine rings is 1. The number of aromatic nitrogens is 3. The van der Waals surface area contributed by atoms with E-state index in [1.165, 1.54) is 45.2 Å². The molecule has 0 bridgehead atoms. The smallest absolute Gasteiger partial charge is 0.227 e. The Morgan fingerprint density at radius 3 is 2.70 bits per heavy atom. The fourth-order valence-electron chi connectivity index (χ4n) is 4.63. The molecule has 2 fully saturated rings. The van der Waals surface area contributed by atoms with Gasteiger partial charge in [0, 0.05) is 38.2 Å². The first-order valence-electron chi connectivity index (χ1n) is 11.6. The molecule has 0 saturated carbocycles. The molecule has 2 saturated heterocycles. The van der Waals surface area contributed by atoms with Crippen LogP contribution < -0.4 is 0 Å². The molecule has 2 aromatic heterocycles. The van der Waals surface area contributed by atoms with E-state index < -0.39 is 0 Å². The van der Waals surface area contributed by atoms with Crippen molar-refractivity contribution in [3.63, 3.8) is 0 Å². The maximum atomic E-state index is 13.0. The summed E-state index contributed by atoms with van der Waals surface area (Å²) in [5, 5.41) is 4.01. The minimum atomic E-state index is 0.277. The number of hydrogen-bond acceptors (Lipinski definition) is 6. The Balaban J connectivity index is 1.26. The van der Waals surface area contributed by atoms with Crippen LogP contribution in [0.2, 0.25) is 0 Å². The fraction of sp³-hybridized carbons (Fsp3) is 0.652. The molecule has 2 aliphatic rings. The van der Waals surface area contributed by atoms with Gasteiger partial charge in [0.25, 0.3) is 0 Å². The number of amides is 1. The van der Waals surface area contributed by atoms with Crippen LogP contribution in [0.5, 0.6) is 0 Å². The highest BCUT2D eigenvalue weighted by Crippen LogP contribution is 2.21. The molecule has 30 heavy (non-hydrogen) atoms. The zero-order chi connectivity index (χ0) is 20.6. The summed E-state index contributed by atoms with van der Waals surface area (Å²) in [6.07, 6.45) is 12.4. The summed E-state index contributed by atoms with van der Waals surface area (Å²) < 4.78 is 5.35. The Hall–Kier alpha value is -2.28. The van der Waals surface area contributed by atoms with Crippen LogP contribution in [0, 0.1) is 0 Å². The first kappa shape index (κ1) is 21.0. The van der Waals surface area contributed by atoms with Gasteiger partial charge in [-0.3, -0.25) is 9.78 Å². The molecule has 2 aliphatic heterocycles. The van der Waals surface area contributed by atoms with Gasteiger partial charge in [0.2, 0.25) is 17.6 Å². The van der Waals surface area contributed by atoms with Crippen molar-refractivity contribution in [1.29, 1.82) is 0 Å². The zero-order valence-corrected chi connectivity index (χ0v) is 17.8. The number of pyridine rings is 1. The third kappa shape index (κ3) is 5.65. The van der Waals surface area contributed by atoms with Crippen LogP contribution >= 0.6 is 0 Å². The molecule has 0 spiro atoms. The molecule has 162 valence electrons. The van der Waals surface area contributed by atoms with E-state index >= 15 is 0 Å². The van der Waals surface area contributed by atoms with Crippen LogP contribution in [0.1, 0.15) is 63.7 Å². The lowest BCUT2D eigenvalue weighted by Crippen LogP contribution is -2.49. The molecule has 1 atom stereocenters. The lowest BCUT2D eigenvalue weighted by molar-refractivity contribution is -0.135. The van der Waals surface area contributed by atoms with Gasteiger partial charge in [0.1, 0.15) is 5.69 Å². The largest absolute Gasteiger partial charge is 0.339 e. The van der Waals surface area contributed by atoms with E-state index in [0.717, 1.165) is 32.4 Å². The summed E-state index contributed by atoms with van der Waals surface area (Å²) in [6, 6.07) is 6.00. The van der Waals surface area contributed by atoms with Crippen molar-refractivity contribution in [2.75, 3.05) is 26.2 Å². The number of carbonyl (C=O) groups is 1. The standard InChI is InChI=1S/C23H33N5O2/c29-22(13-9-12-21-25-23(26-30-21)20-11-3-5-14-24-20)28-17-8-4-10-19(28)18-27-15-6-1-2-7-16-27/h3,5,11,14,19H,1-2,4,6-10,12-13,15-18H2. The first-order valence-corrected chi connectivity index (χ1v) is 11.6. The molecule has 0 radical (unpaired) electrons. The molecule has 7 heteroatoms. The van der Waals surface area contributed by atoms with Crippen LogP contribution in [-0.2, 0) is 11.2 Å². The van der Waals surface area contributed by atoms with Gasteiger partial charge in [-0.1, -0.05) is 24.1 Å². The van der Waals surface area contributed by atoms with Crippen molar-refractivity contribution < 1.29 is 9.32 Å². The van der Waals surface area contributed by atoms with E-state index in [9.17, 15) is 4.79 Å². The Morgan fingerprint density at radius 2 is 1.90 bits per heavy atom. The van der Waals surface area contributed by atoms with Crippen molar-refractivity contribution in [3.05, 3.63) is 30.3 Å². The molecule has 0 N–H and O–H groups in total. The fourth-order valence-corrected chi connectivity index (χ4v) is 4.63. The van der Waals surface area contributed by atoms with Crippen molar-refractivity contribution in [2.24, 2.45) is 0 Å². The summed E-state index contributed by atoms with van der Waals surface area (Å²) in [7, 11) is 0. The summed E-state index contributed by atoms with van der Waals surface area (Å²) in [5.74, 6) is 1.35. The van der Waals surface area contributed by atoms with Gasteiger partial charge >= 0.3 is 0 Å². The summed E-state index contributed by atoms with van der Waals surface area (Å²) in [5.41, 5.74) is 0.702. The van der Waals surface area contributed by atoms with Crippen molar-refractivity contribution in [1.82, 2.24) is 24.9 Å². The first-order chi connectivity index (χ1) is 14.8. The summed E-state index contributed by atoms with van der Waals surface area (Å²) in [6.45, 7) is 4.33. The second-order valence-electron chi connectivity index (χ2n) is 8.53. The Kier molecular flexibility index (Phi) is 7.45. The second-order valence-corrected chi connectivity index (χ2v) is 8.53. The normalized spacial score (nSPS) is 20.8. The van der Waals surface area contributed by atoms with E-state index in [1.807, 2.05) is 18.2 Å². The number of aryl methyl sites for hydroxylation is 1. The Labute approximate surface area is 178 Å². The third-order valence-corrected chi connectivity index (χ3v) is 6.26. The second kappa shape index (κ2) is 10.7. The molecule has 7 nitrogen and oxygen atoms in total. The van der Waals surface area contributed by atoms with Gasteiger partial charge in [-0.2, -0.15) is 4.98 Å². The van der Waals surface area contributed by atoms with Crippen LogP contribution in [0.3, 0.4) is 0 Å². The van der Waals surface area contributed by atoms with Gasteiger partial charge in [0.05, 0.1) is 0 Å². The van der Waals surface area contributed by atoms with Crippen molar-refractivity contribution in [2.45, 2.75) is 70.3 Å². The lowest BCUT2D eigenvalue weighted by Gasteiger charge is -2.38. The third-order valence-electron chi connectivity index (χ3n) is 6.26. The predicted molar refractivity (Wildman–Crippen MR) is 115 cm³/mol. The van der Waals surface area contributed by atoms with Crippen molar-refractivity contribution in [3.8, 4) is 11.5 Å². The number of rotatable bonds is 7. The van der Waals surface area contributed by atoms with Crippen LogP contribution in [0.25, 0.3) is 11.5 Å². The maximum absolute atomic E-state index is 13.0. The molecule has 2 aromatic rings. The minimum Gasteiger partial charge on any atom is -0.339 e. The average molecular weight is 412 g/mol. The van der Waals surface area contributed by atoms with Gasteiger partial charge in [-0.15, -0.1) is 0 Å². The molecular weight excluding hydrogens is 378 g/mol. The lowest BCUT2D eigenvalue weighted by atomic mass is 10.0. The predicted octanol–water partition coefficient (Wildman–Crippen LogP) is 3.71. The maximum Gasteiger partial charge on any atom is 0.227 e. The number of carbonyl (C=O) groups excluding carboxylic acids is 1. The molecule has 1 amide bonds. The Bertz CT molecular complexity index is 786. The van der Waals surface area contributed by atoms with E-state index in [0.29, 0.717) is 36.3 Å². The SMILES string of the molecule is O=C(CCCc1nc(-c2ccccn2)no1)N1CCCCC1CN1CCCCCC1. The van der Waals surface area contributed by atoms with Crippen LogP contribution in [0.15, 0.2) is 28.9 Å². The molecule has 4 heterocycles. The van der Waals surface area contributed by atoms with E-state index in [1.54, 1.807) is 6.20 Å². The Morgan fingerprint density at radius 1 is 1.07 bits per heavy atom. The van der Waals surface area contributed by atoms with Crippen LogP contribution in [-0.4, -0.2) is 63.1 Å². The molecule has 0 aromatic carbocycles.